The van der Waals surface area contributed by atoms with Crippen molar-refractivity contribution in [1.29, 1.82) is 0 Å². The fraction of sp³-hybridized carbons (Fsp3) is 0.500. The Kier molecular flexibility index (Phi) is 12.7. The van der Waals surface area contributed by atoms with Crippen LogP contribution in [0, 0.1) is 0 Å². The van der Waals surface area contributed by atoms with Gasteiger partial charge in [0.15, 0.2) is 0 Å². The molecule has 14 nitrogen and oxygen atoms in total. The Balaban J connectivity index is -0.000000411. The summed E-state index contributed by atoms with van der Waals surface area (Å²) in [7, 11) is 0. The molecule has 0 heterocycles. The summed E-state index contributed by atoms with van der Waals surface area (Å²) in [6, 6.07) is 0. The maximum atomic E-state index is 10.1. The molecule has 0 aliphatic rings. The van der Waals surface area contributed by atoms with Gasteiger partial charge in [-0.05, 0) is 0 Å². The Hall–Kier alpha value is -2.74. The molecule has 149 valence electrons. The second-order valence-electron chi connectivity index (χ2n) is 4.83. The third kappa shape index (κ3) is 12.3. The van der Waals surface area contributed by atoms with Crippen LogP contribution in [0.5, 0.6) is 0 Å². The molecule has 0 aliphatic carbocycles. The van der Waals surface area contributed by atoms with Crippen LogP contribution >= 0.6 is 0 Å². The van der Waals surface area contributed by atoms with Gasteiger partial charge in [-0.1, -0.05) is 0 Å². The molecule has 1 radical (unpaired) electrons. The smallest absolute Gasteiger partial charge is 0.550 e. The van der Waals surface area contributed by atoms with E-state index in [1.165, 1.54) is 0 Å². The Morgan fingerprint density at radius 3 is 0.741 bits per heavy atom. The van der Waals surface area contributed by atoms with Crippen molar-refractivity contribution in [1.82, 2.24) is 0 Å². The standard InChI is InChI=1S/2C6H8O7.Mn/c2*7-3(8)1-6(13,5(11)12)2-4(9)10;/h2*13H,1-2H2,(H,7,8)(H,9,10)(H,11,12);/q;;+6/p-6. The Labute approximate surface area is 160 Å². The summed E-state index contributed by atoms with van der Waals surface area (Å²) in [6.45, 7) is 0. The predicted octanol–water partition coefficient (Wildman–Crippen LogP) is -10.5. The van der Waals surface area contributed by atoms with Crippen molar-refractivity contribution in [2.45, 2.75) is 36.9 Å². The summed E-state index contributed by atoms with van der Waals surface area (Å²) >= 11 is 0. The summed E-state index contributed by atoms with van der Waals surface area (Å²) in [4.78, 5) is 60.0. The van der Waals surface area contributed by atoms with Gasteiger partial charge in [0, 0.05) is 49.6 Å². The van der Waals surface area contributed by atoms with Crippen LogP contribution in [0.2, 0.25) is 0 Å². The van der Waals surface area contributed by atoms with Crippen molar-refractivity contribution in [3.05, 3.63) is 0 Å². The molecule has 0 saturated carbocycles. The summed E-state index contributed by atoms with van der Waals surface area (Å²) in [6.07, 6.45) is -5.43. The quantitative estimate of drug-likeness (QED) is 0.303. The molecule has 0 atom stereocenters. The summed E-state index contributed by atoms with van der Waals surface area (Å²) < 4.78 is 0. The molecule has 0 amide bonds. The zero-order chi connectivity index (χ0) is 21.3. The van der Waals surface area contributed by atoms with E-state index in [9.17, 15) is 59.4 Å². The molecule has 2 N–H and O–H groups in total. The Morgan fingerprint density at radius 2 is 0.667 bits per heavy atom. The molecule has 0 fully saturated rings. The van der Waals surface area contributed by atoms with Crippen molar-refractivity contribution < 1.29 is 86.7 Å². The second kappa shape index (κ2) is 11.8. The first kappa shape index (κ1) is 29.0. The van der Waals surface area contributed by atoms with Gasteiger partial charge in [0.1, 0.15) is 11.2 Å². The average Bonchev–Trinajstić information content (AvgIpc) is 2.34. The van der Waals surface area contributed by atoms with Crippen LogP contribution in [-0.4, -0.2) is 57.2 Å². The van der Waals surface area contributed by atoms with Crippen LogP contribution in [0.15, 0.2) is 0 Å². The number of carboxylic acids is 6. The van der Waals surface area contributed by atoms with Gasteiger partial charge >= 0.3 is 17.1 Å². The minimum atomic E-state index is -2.97. The van der Waals surface area contributed by atoms with E-state index in [1.54, 1.807) is 0 Å². The van der Waals surface area contributed by atoms with Crippen LogP contribution in [0.3, 0.4) is 0 Å². The van der Waals surface area contributed by atoms with Gasteiger partial charge in [-0.2, -0.15) is 0 Å². The third-order valence-electron chi connectivity index (χ3n) is 2.51. The van der Waals surface area contributed by atoms with Crippen LogP contribution in [0.25, 0.3) is 0 Å². The van der Waals surface area contributed by atoms with Crippen LogP contribution in [-0.2, 0) is 45.8 Å². The van der Waals surface area contributed by atoms with Gasteiger partial charge in [0.05, 0.1) is 11.9 Å². The number of aliphatic hydroxyl groups is 2. The molecule has 0 aromatic carbocycles. The van der Waals surface area contributed by atoms with E-state index >= 15 is 0 Å². The predicted molar refractivity (Wildman–Crippen MR) is 58.4 cm³/mol. The van der Waals surface area contributed by atoms with E-state index in [0.717, 1.165) is 0 Å². The summed E-state index contributed by atoms with van der Waals surface area (Å²) in [5.41, 5.74) is -5.95. The van der Waals surface area contributed by atoms with E-state index in [4.69, 9.17) is 10.2 Å². The molecule has 0 aliphatic heterocycles. The minimum Gasteiger partial charge on any atom is -0.550 e. The van der Waals surface area contributed by atoms with E-state index in [0.29, 0.717) is 0 Å². The zero-order valence-corrected chi connectivity index (χ0v) is 14.2. The molecule has 15 heteroatoms. The van der Waals surface area contributed by atoms with Crippen molar-refractivity contribution in [3.8, 4) is 0 Å². The zero-order valence-electron chi connectivity index (χ0n) is 13.0. The molecular formula is C12H10MnO14. The molecule has 0 bridgehead atoms. The largest absolute Gasteiger partial charge is 6.00 e. The van der Waals surface area contributed by atoms with Gasteiger partial charge in [0.2, 0.25) is 0 Å². The molecule has 0 aromatic rings. The van der Waals surface area contributed by atoms with Gasteiger partial charge in [-0.3, -0.25) is 0 Å². The number of carboxylic acid groups (broad SMARTS) is 6. The van der Waals surface area contributed by atoms with Gasteiger partial charge in [0.25, 0.3) is 0 Å². The van der Waals surface area contributed by atoms with Crippen molar-refractivity contribution in [3.63, 3.8) is 0 Å². The van der Waals surface area contributed by atoms with Crippen LogP contribution < -0.4 is 30.6 Å². The van der Waals surface area contributed by atoms with Crippen LogP contribution in [0.4, 0.5) is 0 Å². The third-order valence-corrected chi connectivity index (χ3v) is 2.51. The second-order valence-corrected chi connectivity index (χ2v) is 4.83. The van der Waals surface area contributed by atoms with Gasteiger partial charge in [-0.25, -0.2) is 0 Å². The number of aliphatic carboxylic acids is 6. The van der Waals surface area contributed by atoms with E-state index < -0.39 is 72.7 Å². The molecule has 0 spiro atoms. The number of hydrogen-bond donors (Lipinski definition) is 2. The van der Waals surface area contributed by atoms with E-state index in [-0.39, 0.29) is 17.1 Å². The summed E-state index contributed by atoms with van der Waals surface area (Å²) in [5, 5.41) is 77.9. The van der Waals surface area contributed by atoms with E-state index in [2.05, 4.69) is 0 Å². The normalized spacial score (nSPS) is 10.4. The van der Waals surface area contributed by atoms with Crippen molar-refractivity contribution in [2.24, 2.45) is 0 Å². The maximum Gasteiger partial charge on any atom is 6.00 e. The average molecular weight is 433 g/mol. The molecule has 0 saturated heterocycles. The maximum absolute atomic E-state index is 10.1. The summed E-state index contributed by atoms with van der Waals surface area (Å²) in [5.74, 6) is -12.0. The Morgan fingerprint density at radius 1 is 0.519 bits per heavy atom. The van der Waals surface area contributed by atoms with Gasteiger partial charge in [-0.15, -0.1) is 0 Å². The van der Waals surface area contributed by atoms with Crippen molar-refractivity contribution >= 4 is 35.8 Å². The number of carbonyl (C=O) groups is 6. The first-order valence-corrected chi connectivity index (χ1v) is 6.23. The fourth-order valence-corrected chi connectivity index (χ4v) is 1.37. The molecule has 0 unspecified atom stereocenters. The minimum absolute atomic E-state index is 0. The monoisotopic (exact) mass is 433 g/mol. The van der Waals surface area contributed by atoms with Crippen LogP contribution in [0.1, 0.15) is 25.7 Å². The molecular weight excluding hydrogens is 423 g/mol. The molecule has 0 aromatic heterocycles. The van der Waals surface area contributed by atoms with E-state index in [1.807, 2.05) is 0 Å². The number of carbonyl (C=O) groups excluding carboxylic acids is 6. The SMILES string of the molecule is O=C([O-])CC(O)(CC(=O)[O-])C(=O)[O-].O=C([O-])CC(O)(CC(=O)[O-])C(=O)[O-].[Mn+6]. The van der Waals surface area contributed by atoms with Gasteiger partial charge < -0.3 is 69.6 Å². The molecule has 0 rings (SSSR count). The topological polar surface area (TPSA) is 281 Å². The molecule has 27 heavy (non-hydrogen) atoms. The first-order chi connectivity index (χ1) is 11.6. The first-order valence-electron chi connectivity index (χ1n) is 6.23. The Bertz CT molecular complexity index is 513. The fourth-order valence-electron chi connectivity index (χ4n) is 1.37. The number of hydrogen-bond acceptors (Lipinski definition) is 14. The number of rotatable bonds is 10. The van der Waals surface area contributed by atoms with Crippen molar-refractivity contribution in [2.75, 3.05) is 0 Å².